The van der Waals surface area contributed by atoms with Crippen LogP contribution >= 0.6 is 31.9 Å². The first-order chi connectivity index (χ1) is 8.61. The molecule has 0 aliphatic heterocycles. The van der Waals surface area contributed by atoms with E-state index in [1.54, 1.807) is 7.11 Å². The van der Waals surface area contributed by atoms with Gasteiger partial charge in [-0.3, -0.25) is 0 Å². The van der Waals surface area contributed by atoms with Crippen LogP contribution in [0.5, 0.6) is 5.75 Å². The lowest BCUT2D eigenvalue weighted by Crippen LogP contribution is -2.02. The van der Waals surface area contributed by atoms with E-state index in [1.807, 2.05) is 42.5 Å². The molecule has 2 aromatic carbocycles. The molecule has 0 amide bonds. The molecule has 0 fully saturated rings. The number of hydrogen-bond acceptors (Lipinski definition) is 2. The van der Waals surface area contributed by atoms with Gasteiger partial charge >= 0.3 is 0 Å². The Hall–Kier alpha value is -0.840. The minimum Gasteiger partial charge on any atom is -0.496 e. The third-order valence-electron chi connectivity index (χ3n) is 2.65. The van der Waals surface area contributed by atoms with Crippen molar-refractivity contribution in [3.8, 4) is 5.75 Å². The van der Waals surface area contributed by atoms with E-state index in [0.29, 0.717) is 5.75 Å². The van der Waals surface area contributed by atoms with E-state index in [4.69, 9.17) is 4.74 Å². The number of rotatable bonds is 3. The minimum atomic E-state index is -0.713. The summed E-state index contributed by atoms with van der Waals surface area (Å²) in [4.78, 5) is 0. The van der Waals surface area contributed by atoms with E-state index >= 15 is 0 Å². The molecule has 2 nitrogen and oxygen atoms in total. The van der Waals surface area contributed by atoms with Crippen LogP contribution in [-0.2, 0) is 0 Å². The fourth-order valence-electron chi connectivity index (χ4n) is 1.78. The van der Waals surface area contributed by atoms with Crippen LogP contribution in [0.1, 0.15) is 17.2 Å². The topological polar surface area (TPSA) is 29.5 Å². The molecule has 0 aromatic heterocycles. The Bertz CT molecular complexity index is 555. The predicted molar refractivity (Wildman–Crippen MR) is 78.9 cm³/mol. The van der Waals surface area contributed by atoms with Gasteiger partial charge in [-0.15, -0.1) is 0 Å². The van der Waals surface area contributed by atoms with Crippen molar-refractivity contribution in [1.82, 2.24) is 0 Å². The van der Waals surface area contributed by atoms with Crippen molar-refractivity contribution in [2.24, 2.45) is 0 Å². The van der Waals surface area contributed by atoms with Crippen LogP contribution in [0.3, 0.4) is 0 Å². The van der Waals surface area contributed by atoms with Crippen molar-refractivity contribution in [3.63, 3.8) is 0 Å². The summed E-state index contributed by atoms with van der Waals surface area (Å²) in [5.74, 6) is 0.672. The largest absolute Gasteiger partial charge is 0.496 e. The Balaban J connectivity index is 2.44. The first-order valence-corrected chi connectivity index (χ1v) is 6.97. The van der Waals surface area contributed by atoms with Crippen LogP contribution < -0.4 is 4.74 Å². The average Bonchev–Trinajstić information content (AvgIpc) is 2.38. The van der Waals surface area contributed by atoms with E-state index in [-0.39, 0.29) is 0 Å². The van der Waals surface area contributed by atoms with Crippen molar-refractivity contribution in [3.05, 3.63) is 62.5 Å². The average molecular weight is 372 g/mol. The lowest BCUT2D eigenvalue weighted by Gasteiger charge is -2.15. The molecule has 0 aliphatic carbocycles. The van der Waals surface area contributed by atoms with Crippen molar-refractivity contribution >= 4 is 31.9 Å². The number of methoxy groups -OCH3 is 1. The van der Waals surface area contributed by atoms with Crippen LogP contribution in [0.15, 0.2) is 51.4 Å². The number of benzene rings is 2. The zero-order valence-corrected chi connectivity index (χ0v) is 12.9. The van der Waals surface area contributed by atoms with Gasteiger partial charge in [0, 0.05) is 14.5 Å². The maximum absolute atomic E-state index is 10.4. The normalized spacial score (nSPS) is 12.2. The van der Waals surface area contributed by atoms with E-state index in [9.17, 15) is 5.11 Å². The van der Waals surface area contributed by atoms with Gasteiger partial charge in [-0.05, 0) is 35.9 Å². The SMILES string of the molecule is COc1ccc(Br)cc1C(O)c1cccc(Br)c1. The summed E-state index contributed by atoms with van der Waals surface area (Å²) >= 11 is 6.81. The second kappa shape index (κ2) is 5.87. The standard InChI is InChI=1S/C14H12Br2O2/c1-18-13-6-5-11(16)8-12(13)14(17)9-3-2-4-10(15)7-9/h2-8,14,17H,1H3. The lowest BCUT2D eigenvalue weighted by molar-refractivity contribution is 0.214. The van der Waals surface area contributed by atoms with Crippen molar-refractivity contribution in [2.75, 3.05) is 7.11 Å². The summed E-state index contributed by atoms with van der Waals surface area (Å²) in [5.41, 5.74) is 1.56. The number of aliphatic hydroxyl groups excluding tert-OH is 1. The number of ether oxygens (including phenoxy) is 1. The van der Waals surface area contributed by atoms with Gasteiger partial charge in [-0.25, -0.2) is 0 Å². The van der Waals surface area contributed by atoms with E-state index in [0.717, 1.165) is 20.1 Å². The molecule has 0 aliphatic rings. The fraction of sp³-hybridized carbons (Fsp3) is 0.143. The third kappa shape index (κ3) is 2.94. The number of aliphatic hydroxyl groups is 1. The molecule has 0 saturated heterocycles. The highest BCUT2D eigenvalue weighted by molar-refractivity contribution is 9.10. The molecule has 0 radical (unpaired) electrons. The number of hydrogen-bond donors (Lipinski definition) is 1. The molecule has 2 rings (SSSR count). The molecule has 0 heterocycles. The molecule has 4 heteroatoms. The third-order valence-corrected chi connectivity index (χ3v) is 3.64. The second-order valence-corrected chi connectivity index (χ2v) is 5.68. The fourth-order valence-corrected chi connectivity index (χ4v) is 2.57. The summed E-state index contributed by atoms with van der Waals surface area (Å²) in [6.07, 6.45) is -0.713. The highest BCUT2D eigenvalue weighted by Gasteiger charge is 2.16. The summed E-state index contributed by atoms with van der Waals surface area (Å²) in [5, 5.41) is 10.4. The lowest BCUT2D eigenvalue weighted by atomic mass is 10.0. The van der Waals surface area contributed by atoms with Gasteiger partial charge in [0.2, 0.25) is 0 Å². The Kier molecular flexibility index (Phi) is 4.43. The van der Waals surface area contributed by atoms with E-state index in [2.05, 4.69) is 31.9 Å². The van der Waals surface area contributed by atoms with Gasteiger partial charge in [0.15, 0.2) is 0 Å². The first-order valence-electron chi connectivity index (χ1n) is 5.39. The van der Waals surface area contributed by atoms with Gasteiger partial charge in [-0.1, -0.05) is 44.0 Å². The highest BCUT2D eigenvalue weighted by Crippen LogP contribution is 2.33. The summed E-state index contributed by atoms with van der Waals surface area (Å²) in [6.45, 7) is 0. The quantitative estimate of drug-likeness (QED) is 0.871. The van der Waals surface area contributed by atoms with Gasteiger partial charge in [-0.2, -0.15) is 0 Å². The van der Waals surface area contributed by atoms with Crippen molar-refractivity contribution in [2.45, 2.75) is 6.10 Å². The minimum absolute atomic E-state index is 0.672. The zero-order chi connectivity index (χ0) is 13.1. The smallest absolute Gasteiger partial charge is 0.125 e. The molecule has 0 spiro atoms. The monoisotopic (exact) mass is 370 g/mol. The Morgan fingerprint density at radius 3 is 2.44 bits per heavy atom. The summed E-state index contributed by atoms with van der Waals surface area (Å²) in [7, 11) is 1.60. The molecule has 1 unspecified atom stereocenters. The van der Waals surface area contributed by atoms with Crippen LogP contribution in [0.25, 0.3) is 0 Å². The second-order valence-electron chi connectivity index (χ2n) is 3.84. The van der Waals surface area contributed by atoms with Gasteiger partial charge in [0.25, 0.3) is 0 Å². The van der Waals surface area contributed by atoms with Crippen molar-refractivity contribution in [1.29, 1.82) is 0 Å². The Labute approximate surface area is 123 Å². The molecule has 94 valence electrons. The maximum atomic E-state index is 10.4. The number of halogens is 2. The molecule has 0 bridgehead atoms. The first kappa shape index (κ1) is 13.6. The molecule has 1 atom stereocenters. The molecular formula is C14H12Br2O2. The molecule has 18 heavy (non-hydrogen) atoms. The van der Waals surface area contributed by atoms with Gasteiger partial charge in [0.05, 0.1) is 7.11 Å². The molecular weight excluding hydrogens is 360 g/mol. The highest BCUT2D eigenvalue weighted by atomic mass is 79.9. The maximum Gasteiger partial charge on any atom is 0.125 e. The van der Waals surface area contributed by atoms with Gasteiger partial charge < -0.3 is 9.84 Å². The van der Waals surface area contributed by atoms with Crippen LogP contribution in [0.2, 0.25) is 0 Å². The van der Waals surface area contributed by atoms with Crippen LogP contribution in [0, 0.1) is 0 Å². The predicted octanol–water partition coefficient (Wildman–Crippen LogP) is 4.30. The molecule has 1 N–H and O–H groups in total. The van der Waals surface area contributed by atoms with Gasteiger partial charge in [0.1, 0.15) is 11.9 Å². The Morgan fingerprint density at radius 2 is 1.78 bits per heavy atom. The Morgan fingerprint density at radius 1 is 1.06 bits per heavy atom. The molecule has 2 aromatic rings. The van der Waals surface area contributed by atoms with E-state index in [1.165, 1.54) is 0 Å². The summed E-state index contributed by atoms with van der Waals surface area (Å²) in [6, 6.07) is 13.2. The van der Waals surface area contributed by atoms with Crippen molar-refractivity contribution < 1.29 is 9.84 Å². The zero-order valence-electron chi connectivity index (χ0n) is 9.73. The van der Waals surface area contributed by atoms with Crippen LogP contribution in [-0.4, -0.2) is 12.2 Å². The van der Waals surface area contributed by atoms with E-state index < -0.39 is 6.10 Å². The molecule has 0 saturated carbocycles. The summed E-state index contributed by atoms with van der Waals surface area (Å²) < 4.78 is 7.13. The van der Waals surface area contributed by atoms with Crippen LogP contribution in [0.4, 0.5) is 0 Å².